The van der Waals surface area contributed by atoms with Crippen LogP contribution in [-0.4, -0.2) is 15.6 Å². The summed E-state index contributed by atoms with van der Waals surface area (Å²) in [6, 6.07) is 9.19. The van der Waals surface area contributed by atoms with Crippen LogP contribution in [0.25, 0.3) is 5.00 Å². The van der Waals surface area contributed by atoms with Crippen molar-refractivity contribution < 1.29 is 23.0 Å². The second kappa shape index (κ2) is 6.51. The first-order valence-corrected chi connectivity index (χ1v) is 8.95. The molecule has 5 nitrogen and oxygen atoms in total. The minimum atomic E-state index is -3.49. The normalized spacial score (nSPS) is 17.2. The molecule has 0 amide bonds. The lowest BCUT2D eigenvalue weighted by molar-refractivity contribution is -0.0987. The molecule has 0 aliphatic heterocycles. The fraction of sp³-hybridized carbons (Fsp3) is 0.158. The third kappa shape index (κ3) is 2.96. The summed E-state index contributed by atoms with van der Waals surface area (Å²) in [5.41, 5.74) is -1.01. The molecule has 0 fully saturated rings. The van der Waals surface area contributed by atoms with Gasteiger partial charge in [0.25, 0.3) is 11.5 Å². The van der Waals surface area contributed by atoms with Crippen molar-refractivity contribution in [2.24, 2.45) is 0 Å². The number of halogens is 3. The Morgan fingerprint density at radius 2 is 2.11 bits per heavy atom. The Morgan fingerprint density at radius 3 is 2.79 bits per heavy atom. The van der Waals surface area contributed by atoms with Gasteiger partial charge in [-0.2, -0.15) is 5.26 Å². The van der Waals surface area contributed by atoms with Crippen molar-refractivity contribution in [2.75, 3.05) is 0 Å². The van der Waals surface area contributed by atoms with Crippen molar-refractivity contribution in [1.29, 1.82) is 5.26 Å². The van der Waals surface area contributed by atoms with Gasteiger partial charge in [0.05, 0.1) is 17.3 Å². The smallest absolute Gasteiger partial charge is 0.283 e. The molecule has 0 saturated carbocycles. The first kappa shape index (κ1) is 18.3. The van der Waals surface area contributed by atoms with Crippen molar-refractivity contribution in [1.82, 2.24) is 4.57 Å². The lowest BCUT2D eigenvalue weighted by Gasteiger charge is -2.17. The molecular weight excluding hydrogens is 393 g/mol. The zero-order valence-corrected chi connectivity index (χ0v) is 14.8. The average Bonchev–Trinajstić information content (AvgIpc) is 3.23. The van der Waals surface area contributed by atoms with Crippen LogP contribution in [0, 0.1) is 17.1 Å². The average molecular weight is 404 g/mol. The van der Waals surface area contributed by atoms with E-state index in [2.05, 4.69) is 0 Å². The molecule has 9 heteroatoms. The van der Waals surface area contributed by atoms with E-state index < -0.39 is 29.8 Å². The SMILES string of the molecule is N#Cc1cc(F)cc(Oc2cc(=O)n(-c3cccs3)c3c2CC(F)(F)C3O)c1. The Bertz CT molecular complexity index is 1170. The molecule has 0 bridgehead atoms. The quantitative estimate of drug-likeness (QED) is 0.718. The summed E-state index contributed by atoms with van der Waals surface area (Å²) >= 11 is 1.16. The van der Waals surface area contributed by atoms with Crippen LogP contribution >= 0.6 is 11.3 Å². The number of aromatic nitrogens is 1. The fourth-order valence-corrected chi connectivity index (χ4v) is 3.92. The van der Waals surface area contributed by atoms with Crippen LogP contribution in [0.2, 0.25) is 0 Å². The maximum atomic E-state index is 14.3. The van der Waals surface area contributed by atoms with Crippen LogP contribution in [0.15, 0.2) is 46.6 Å². The molecular formula is C19H11F3N2O3S. The van der Waals surface area contributed by atoms with Crippen LogP contribution < -0.4 is 10.3 Å². The van der Waals surface area contributed by atoms with Gasteiger partial charge in [0.2, 0.25) is 0 Å². The molecule has 142 valence electrons. The molecule has 1 N–H and O–H groups in total. The number of hydrogen-bond acceptors (Lipinski definition) is 5. The number of ether oxygens (including phenoxy) is 1. The molecule has 1 unspecified atom stereocenters. The lowest BCUT2D eigenvalue weighted by Crippen LogP contribution is -2.26. The second-order valence-electron chi connectivity index (χ2n) is 6.23. The number of alkyl halides is 2. The topological polar surface area (TPSA) is 75.2 Å². The number of aliphatic hydroxyl groups excluding tert-OH is 1. The Kier molecular flexibility index (Phi) is 4.25. The molecule has 3 aromatic rings. The number of hydrogen-bond donors (Lipinski definition) is 1. The molecule has 0 saturated heterocycles. The highest BCUT2D eigenvalue weighted by Crippen LogP contribution is 2.47. The van der Waals surface area contributed by atoms with Gasteiger partial charge < -0.3 is 9.84 Å². The number of nitriles is 1. The maximum absolute atomic E-state index is 14.3. The number of benzene rings is 1. The van der Waals surface area contributed by atoms with Crippen LogP contribution in [-0.2, 0) is 6.42 Å². The molecule has 1 aliphatic rings. The van der Waals surface area contributed by atoms with Crippen molar-refractivity contribution in [3.8, 4) is 22.6 Å². The highest BCUT2D eigenvalue weighted by Gasteiger charge is 2.50. The maximum Gasteiger partial charge on any atom is 0.283 e. The van der Waals surface area contributed by atoms with Crippen LogP contribution in [0.5, 0.6) is 11.5 Å². The summed E-state index contributed by atoms with van der Waals surface area (Å²) in [5.74, 6) is -4.56. The van der Waals surface area contributed by atoms with Crippen molar-refractivity contribution in [3.63, 3.8) is 0 Å². The van der Waals surface area contributed by atoms with Gasteiger partial charge in [0.15, 0.2) is 6.10 Å². The minimum absolute atomic E-state index is 0.0241. The van der Waals surface area contributed by atoms with Crippen LogP contribution in [0.4, 0.5) is 13.2 Å². The summed E-state index contributed by atoms with van der Waals surface area (Å²) in [6.45, 7) is 0. The monoisotopic (exact) mass is 404 g/mol. The number of nitrogens with zero attached hydrogens (tertiary/aromatic N) is 2. The van der Waals surface area contributed by atoms with Gasteiger partial charge in [-0.1, -0.05) is 0 Å². The van der Waals surface area contributed by atoms with E-state index >= 15 is 0 Å². The Hall–Kier alpha value is -3.09. The van der Waals surface area contributed by atoms with Gasteiger partial charge in [0.1, 0.15) is 22.3 Å². The third-order valence-electron chi connectivity index (χ3n) is 4.35. The summed E-state index contributed by atoms with van der Waals surface area (Å²) in [4.78, 5) is 12.6. The standard InChI is InChI=1S/C19H11F3N2O3S/c20-11-4-10(9-23)5-12(6-11)27-14-7-15(25)24(16-2-1-3-28-16)17-13(14)8-19(21,22)18(17)26/h1-7,18,26H,8H2. The van der Waals surface area contributed by atoms with E-state index in [0.717, 1.165) is 34.1 Å². The molecule has 1 aromatic carbocycles. The van der Waals surface area contributed by atoms with Gasteiger partial charge in [-0.25, -0.2) is 13.2 Å². The van der Waals surface area contributed by atoms with Crippen molar-refractivity contribution in [3.05, 3.63) is 74.8 Å². The Labute approximate surface area is 160 Å². The summed E-state index contributed by atoms with van der Waals surface area (Å²) in [7, 11) is 0. The van der Waals surface area contributed by atoms with Gasteiger partial charge in [0, 0.05) is 24.1 Å². The zero-order chi connectivity index (χ0) is 20.1. The molecule has 0 radical (unpaired) electrons. The summed E-state index contributed by atoms with van der Waals surface area (Å²) < 4.78 is 48.7. The van der Waals surface area contributed by atoms with E-state index in [9.17, 15) is 23.1 Å². The molecule has 4 rings (SSSR count). The highest BCUT2D eigenvalue weighted by atomic mass is 32.1. The highest BCUT2D eigenvalue weighted by molar-refractivity contribution is 7.12. The number of rotatable bonds is 3. The largest absolute Gasteiger partial charge is 0.457 e. The van der Waals surface area contributed by atoms with E-state index in [4.69, 9.17) is 10.00 Å². The number of aliphatic hydroxyl groups is 1. The van der Waals surface area contributed by atoms with Gasteiger partial charge in [-0.15, -0.1) is 11.3 Å². The third-order valence-corrected chi connectivity index (χ3v) is 5.20. The van der Waals surface area contributed by atoms with Crippen molar-refractivity contribution >= 4 is 11.3 Å². The lowest BCUT2D eigenvalue weighted by atomic mass is 10.2. The first-order chi connectivity index (χ1) is 13.3. The van der Waals surface area contributed by atoms with E-state index in [1.807, 2.05) is 0 Å². The van der Waals surface area contributed by atoms with E-state index in [-0.39, 0.29) is 28.3 Å². The first-order valence-electron chi connectivity index (χ1n) is 8.07. The van der Waals surface area contributed by atoms with E-state index in [1.165, 1.54) is 6.07 Å². The number of pyridine rings is 1. The zero-order valence-electron chi connectivity index (χ0n) is 14.0. The molecule has 2 heterocycles. The van der Waals surface area contributed by atoms with Gasteiger partial charge in [-0.05, 0) is 29.6 Å². The van der Waals surface area contributed by atoms with E-state index in [1.54, 1.807) is 23.6 Å². The minimum Gasteiger partial charge on any atom is -0.457 e. The summed E-state index contributed by atoms with van der Waals surface area (Å²) in [5, 5.41) is 21.2. The Morgan fingerprint density at radius 1 is 1.32 bits per heavy atom. The number of fused-ring (bicyclic) bond motifs is 1. The van der Waals surface area contributed by atoms with Crippen LogP contribution in [0.1, 0.15) is 22.9 Å². The predicted molar refractivity (Wildman–Crippen MR) is 94.7 cm³/mol. The molecule has 0 spiro atoms. The molecule has 28 heavy (non-hydrogen) atoms. The van der Waals surface area contributed by atoms with E-state index in [0.29, 0.717) is 5.00 Å². The molecule has 1 aliphatic carbocycles. The Balaban J connectivity index is 1.90. The van der Waals surface area contributed by atoms with Crippen molar-refractivity contribution in [2.45, 2.75) is 18.4 Å². The van der Waals surface area contributed by atoms with Gasteiger partial charge in [-0.3, -0.25) is 9.36 Å². The number of thiophene rings is 1. The van der Waals surface area contributed by atoms with Gasteiger partial charge >= 0.3 is 0 Å². The second-order valence-corrected chi connectivity index (χ2v) is 7.15. The van der Waals surface area contributed by atoms with Crippen LogP contribution in [0.3, 0.4) is 0 Å². The predicted octanol–water partition coefficient (Wildman–Crippen LogP) is 3.93. The fourth-order valence-electron chi connectivity index (χ4n) is 3.17. The molecule has 1 atom stereocenters. The molecule has 2 aromatic heterocycles. The summed E-state index contributed by atoms with van der Waals surface area (Å²) in [6.07, 6.45) is -3.03.